The lowest BCUT2D eigenvalue weighted by Crippen LogP contribution is -2.41. The molecule has 3 aromatic rings. The summed E-state index contributed by atoms with van der Waals surface area (Å²) < 4.78 is 30.3. The summed E-state index contributed by atoms with van der Waals surface area (Å²) in [5.74, 6) is 1.47. The average molecular weight is 509 g/mol. The zero-order valence-electron chi connectivity index (χ0n) is 21.3. The predicted molar refractivity (Wildman–Crippen MR) is 140 cm³/mol. The summed E-state index contributed by atoms with van der Waals surface area (Å²) in [5.41, 5.74) is 1.33. The summed E-state index contributed by atoms with van der Waals surface area (Å²) in [6, 6.07) is 15.1. The van der Waals surface area contributed by atoms with Crippen LogP contribution >= 0.6 is 0 Å². The molecule has 37 heavy (non-hydrogen) atoms. The Morgan fingerprint density at radius 1 is 1.08 bits per heavy atom. The first-order valence-electron chi connectivity index (χ1n) is 12.6. The highest BCUT2D eigenvalue weighted by molar-refractivity contribution is 6.01. The van der Waals surface area contributed by atoms with Gasteiger partial charge in [-0.2, -0.15) is 0 Å². The van der Waals surface area contributed by atoms with Crippen LogP contribution in [0.15, 0.2) is 54.6 Å². The van der Waals surface area contributed by atoms with Crippen molar-refractivity contribution in [3.63, 3.8) is 0 Å². The Bertz CT molecular complexity index is 1160. The van der Waals surface area contributed by atoms with Crippen LogP contribution in [0.2, 0.25) is 0 Å². The van der Waals surface area contributed by atoms with E-state index in [2.05, 4.69) is 20.2 Å². The number of piperidine rings is 1. The standard InChI is InChI=1S/C28H33FN4O4/c1-3-35-16-5-17-36-23-13-9-22(10-14-23)31-28(34)27-30-20(2)18-26(32-27)33-15-4-6-25(19-33)37-24-11-7-21(29)8-12-24/h7-14,18,25H,3-6,15-17,19H2,1-2H3,(H,31,34). The molecule has 0 radical (unpaired) electrons. The third-order valence-corrected chi connectivity index (χ3v) is 5.88. The quantitative estimate of drug-likeness (QED) is 0.364. The second kappa shape index (κ2) is 13.0. The van der Waals surface area contributed by atoms with Crippen molar-refractivity contribution in [1.29, 1.82) is 0 Å². The lowest BCUT2D eigenvalue weighted by atomic mass is 10.1. The topological polar surface area (TPSA) is 85.8 Å². The number of nitrogens with one attached hydrogen (secondary N) is 1. The second-order valence-corrected chi connectivity index (χ2v) is 8.85. The minimum absolute atomic E-state index is 0.0633. The summed E-state index contributed by atoms with van der Waals surface area (Å²) in [4.78, 5) is 23.9. The molecule has 4 rings (SSSR count). The van der Waals surface area contributed by atoms with Gasteiger partial charge < -0.3 is 24.4 Å². The van der Waals surface area contributed by atoms with E-state index in [0.29, 0.717) is 49.3 Å². The first-order chi connectivity index (χ1) is 18.0. The SMILES string of the molecule is CCOCCCOc1ccc(NC(=O)c2nc(C)cc(N3CCCC(Oc4ccc(F)cc4)C3)n2)cc1. The van der Waals surface area contributed by atoms with E-state index in [4.69, 9.17) is 14.2 Å². The Labute approximate surface area is 216 Å². The molecule has 1 fully saturated rings. The van der Waals surface area contributed by atoms with E-state index in [0.717, 1.165) is 31.6 Å². The maximum atomic E-state index is 13.2. The predicted octanol–water partition coefficient (Wildman–Crippen LogP) is 5.03. The molecule has 1 aromatic heterocycles. The van der Waals surface area contributed by atoms with Gasteiger partial charge in [0.25, 0.3) is 5.91 Å². The maximum Gasteiger partial charge on any atom is 0.293 e. The number of carbonyl (C=O) groups is 1. The van der Waals surface area contributed by atoms with Crippen molar-refractivity contribution in [1.82, 2.24) is 9.97 Å². The van der Waals surface area contributed by atoms with Crippen molar-refractivity contribution in [3.05, 3.63) is 71.9 Å². The van der Waals surface area contributed by atoms with E-state index in [1.165, 1.54) is 12.1 Å². The number of aryl methyl sites for hydroxylation is 1. The van der Waals surface area contributed by atoms with Crippen LogP contribution in [0, 0.1) is 12.7 Å². The number of amides is 1. The Hall–Kier alpha value is -3.72. The molecule has 0 saturated carbocycles. The van der Waals surface area contributed by atoms with Crippen molar-refractivity contribution in [3.8, 4) is 11.5 Å². The van der Waals surface area contributed by atoms with Crippen molar-refractivity contribution in [2.45, 2.75) is 39.2 Å². The lowest BCUT2D eigenvalue weighted by molar-refractivity contribution is 0.101. The van der Waals surface area contributed by atoms with Gasteiger partial charge in [0.2, 0.25) is 5.82 Å². The molecule has 0 bridgehead atoms. The zero-order chi connectivity index (χ0) is 26.0. The van der Waals surface area contributed by atoms with Crippen LogP contribution in [0.25, 0.3) is 0 Å². The first kappa shape index (κ1) is 26.3. The number of halogens is 1. The smallest absolute Gasteiger partial charge is 0.293 e. The van der Waals surface area contributed by atoms with Crippen LogP contribution in [0.1, 0.15) is 42.5 Å². The van der Waals surface area contributed by atoms with Crippen molar-refractivity contribution in [2.24, 2.45) is 0 Å². The molecule has 9 heteroatoms. The Morgan fingerprint density at radius 2 is 1.84 bits per heavy atom. The number of hydrogen-bond donors (Lipinski definition) is 1. The molecule has 1 aliphatic rings. The van der Waals surface area contributed by atoms with Gasteiger partial charge in [0, 0.05) is 43.6 Å². The summed E-state index contributed by atoms with van der Waals surface area (Å²) in [5, 5.41) is 2.86. The molecule has 1 N–H and O–H groups in total. The van der Waals surface area contributed by atoms with Crippen LogP contribution < -0.4 is 19.7 Å². The fourth-order valence-corrected chi connectivity index (χ4v) is 4.08. The molecule has 0 spiro atoms. The van der Waals surface area contributed by atoms with Gasteiger partial charge in [-0.05, 0) is 75.2 Å². The van der Waals surface area contributed by atoms with E-state index < -0.39 is 0 Å². The van der Waals surface area contributed by atoms with Crippen molar-refractivity contribution in [2.75, 3.05) is 43.1 Å². The molecule has 2 heterocycles. The van der Waals surface area contributed by atoms with Gasteiger partial charge >= 0.3 is 0 Å². The molecular formula is C28H33FN4O4. The molecule has 1 unspecified atom stereocenters. The van der Waals surface area contributed by atoms with Gasteiger partial charge in [0.05, 0.1) is 13.2 Å². The molecule has 1 saturated heterocycles. The fourth-order valence-electron chi connectivity index (χ4n) is 4.08. The number of hydrogen-bond acceptors (Lipinski definition) is 7. The highest BCUT2D eigenvalue weighted by Gasteiger charge is 2.24. The van der Waals surface area contributed by atoms with Crippen LogP contribution in [-0.4, -0.2) is 54.9 Å². The average Bonchev–Trinajstić information content (AvgIpc) is 2.90. The molecule has 1 amide bonds. The fraction of sp³-hybridized carbons (Fsp3) is 0.393. The zero-order valence-corrected chi connectivity index (χ0v) is 21.3. The number of anilines is 2. The molecule has 196 valence electrons. The van der Waals surface area contributed by atoms with Crippen LogP contribution in [0.5, 0.6) is 11.5 Å². The monoisotopic (exact) mass is 508 g/mol. The normalized spacial score (nSPS) is 15.3. The minimum Gasteiger partial charge on any atom is -0.494 e. The van der Waals surface area contributed by atoms with E-state index >= 15 is 0 Å². The van der Waals surface area contributed by atoms with E-state index in [1.54, 1.807) is 24.3 Å². The van der Waals surface area contributed by atoms with Crippen LogP contribution in [0.3, 0.4) is 0 Å². The number of carbonyl (C=O) groups excluding carboxylic acids is 1. The van der Waals surface area contributed by atoms with E-state index in [9.17, 15) is 9.18 Å². The minimum atomic E-state index is -0.383. The van der Waals surface area contributed by atoms with Crippen molar-refractivity contribution >= 4 is 17.4 Å². The van der Waals surface area contributed by atoms with Gasteiger partial charge in [-0.15, -0.1) is 0 Å². The third-order valence-electron chi connectivity index (χ3n) is 5.88. The third kappa shape index (κ3) is 7.88. The highest BCUT2D eigenvalue weighted by Crippen LogP contribution is 2.23. The Morgan fingerprint density at radius 3 is 2.59 bits per heavy atom. The largest absolute Gasteiger partial charge is 0.494 e. The number of rotatable bonds is 11. The maximum absolute atomic E-state index is 13.2. The number of ether oxygens (including phenoxy) is 3. The van der Waals surface area contributed by atoms with Gasteiger partial charge in [-0.3, -0.25) is 4.79 Å². The molecule has 1 aliphatic heterocycles. The molecular weight excluding hydrogens is 475 g/mol. The van der Waals surface area contributed by atoms with E-state index in [1.807, 2.05) is 32.0 Å². The summed E-state index contributed by atoms with van der Waals surface area (Å²) in [7, 11) is 0. The van der Waals surface area contributed by atoms with Gasteiger partial charge in [0.15, 0.2) is 0 Å². The molecule has 1 atom stereocenters. The molecule has 0 aliphatic carbocycles. The van der Waals surface area contributed by atoms with Gasteiger partial charge in [0.1, 0.15) is 29.2 Å². The highest BCUT2D eigenvalue weighted by atomic mass is 19.1. The molecule has 2 aromatic carbocycles. The summed E-state index contributed by atoms with van der Waals surface area (Å²) >= 11 is 0. The van der Waals surface area contributed by atoms with E-state index in [-0.39, 0.29) is 23.7 Å². The van der Waals surface area contributed by atoms with Gasteiger partial charge in [-0.25, -0.2) is 14.4 Å². The van der Waals surface area contributed by atoms with Gasteiger partial charge in [-0.1, -0.05) is 0 Å². The first-order valence-corrected chi connectivity index (χ1v) is 12.6. The van der Waals surface area contributed by atoms with Crippen LogP contribution in [-0.2, 0) is 4.74 Å². The van der Waals surface area contributed by atoms with Crippen molar-refractivity contribution < 1.29 is 23.4 Å². The second-order valence-electron chi connectivity index (χ2n) is 8.85. The Balaban J connectivity index is 1.35. The lowest BCUT2D eigenvalue weighted by Gasteiger charge is -2.33. The molecule has 8 nitrogen and oxygen atoms in total. The van der Waals surface area contributed by atoms with Crippen LogP contribution in [0.4, 0.5) is 15.9 Å². The Kier molecular flexibility index (Phi) is 9.26. The summed E-state index contributed by atoms with van der Waals surface area (Å²) in [6.45, 7) is 7.15. The summed E-state index contributed by atoms with van der Waals surface area (Å²) in [6.07, 6.45) is 2.55. The number of benzene rings is 2. The number of nitrogens with zero attached hydrogens (tertiary/aromatic N) is 3. The number of aromatic nitrogens is 2.